The van der Waals surface area contributed by atoms with E-state index >= 15 is 0 Å². The smallest absolute Gasteiger partial charge is 0.134 e. The quantitative estimate of drug-likeness (QED) is 0.465. The zero-order chi connectivity index (χ0) is 18.0. The van der Waals surface area contributed by atoms with E-state index in [-0.39, 0.29) is 0 Å². The molecule has 0 spiro atoms. The van der Waals surface area contributed by atoms with E-state index in [0.717, 1.165) is 16.8 Å². The first-order chi connectivity index (χ1) is 12.0. The molecule has 1 heterocycles. The van der Waals surface area contributed by atoms with E-state index in [9.17, 15) is 5.26 Å². The van der Waals surface area contributed by atoms with Crippen molar-refractivity contribution in [1.29, 1.82) is 5.26 Å². The Morgan fingerprint density at radius 2 is 1.92 bits per heavy atom. The van der Waals surface area contributed by atoms with E-state index < -0.39 is 0 Å². The zero-order valence-corrected chi connectivity index (χ0v) is 16.0. The average molecular weight is 385 g/mol. The van der Waals surface area contributed by atoms with Gasteiger partial charge < -0.3 is 0 Å². The van der Waals surface area contributed by atoms with Gasteiger partial charge in [0, 0.05) is 21.0 Å². The van der Waals surface area contributed by atoms with Gasteiger partial charge in [0.2, 0.25) is 0 Å². The van der Waals surface area contributed by atoms with Crippen LogP contribution in [0.5, 0.6) is 0 Å². The monoisotopic (exact) mass is 384 g/mol. The molecular weight excluding hydrogens is 371 g/mol. The minimum Gasteiger partial charge on any atom is -0.235 e. The summed E-state index contributed by atoms with van der Waals surface area (Å²) in [6, 6.07) is 13.6. The van der Waals surface area contributed by atoms with E-state index in [1.807, 2.05) is 11.4 Å². The molecule has 0 aliphatic carbocycles. The Morgan fingerprint density at radius 3 is 2.60 bits per heavy atom. The Hall–Kier alpha value is -2.12. The zero-order valence-electron chi connectivity index (χ0n) is 13.7. The molecule has 2 nitrogen and oxygen atoms in total. The molecule has 0 radical (unpaired) electrons. The summed E-state index contributed by atoms with van der Waals surface area (Å²) >= 11 is 13.6. The summed E-state index contributed by atoms with van der Waals surface area (Å²) in [5.41, 5.74) is 5.60. The van der Waals surface area contributed by atoms with Crippen LogP contribution in [0.4, 0.5) is 0 Å². The molecule has 0 saturated heterocycles. The maximum absolute atomic E-state index is 9.53. The summed E-state index contributed by atoms with van der Waals surface area (Å²) in [6.07, 6.45) is 1.74. The lowest BCUT2D eigenvalue weighted by molar-refractivity contribution is 1.32. The lowest BCUT2D eigenvalue weighted by Gasteiger charge is -2.02. The van der Waals surface area contributed by atoms with Gasteiger partial charge in [-0.3, -0.25) is 0 Å². The third-order valence-corrected chi connectivity index (χ3v) is 5.36. The molecule has 0 fully saturated rings. The van der Waals surface area contributed by atoms with Crippen LogP contribution >= 0.6 is 34.5 Å². The molecule has 3 aromatic rings. The summed E-state index contributed by atoms with van der Waals surface area (Å²) in [4.78, 5) is 4.62. The van der Waals surface area contributed by atoms with Gasteiger partial charge in [-0.25, -0.2) is 4.98 Å². The molecule has 2 aromatic carbocycles. The molecule has 0 saturated carbocycles. The number of rotatable bonds is 3. The van der Waals surface area contributed by atoms with Crippen LogP contribution in [0.2, 0.25) is 10.0 Å². The Balaban J connectivity index is 1.98. The number of benzene rings is 2. The van der Waals surface area contributed by atoms with Gasteiger partial charge in [0.05, 0.1) is 11.3 Å². The van der Waals surface area contributed by atoms with Crippen molar-refractivity contribution in [3.63, 3.8) is 0 Å². The molecule has 0 aliphatic heterocycles. The fourth-order valence-electron chi connectivity index (χ4n) is 2.35. The normalized spacial score (nSPS) is 11.4. The predicted molar refractivity (Wildman–Crippen MR) is 107 cm³/mol. The molecule has 5 heteroatoms. The van der Waals surface area contributed by atoms with Gasteiger partial charge in [0.1, 0.15) is 11.1 Å². The van der Waals surface area contributed by atoms with Crippen LogP contribution in [-0.2, 0) is 0 Å². The van der Waals surface area contributed by atoms with Crippen LogP contribution in [-0.4, -0.2) is 4.98 Å². The van der Waals surface area contributed by atoms with Crippen LogP contribution < -0.4 is 0 Å². The number of allylic oxidation sites excluding steroid dienone is 1. The van der Waals surface area contributed by atoms with Gasteiger partial charge in [0.25, 0.3) is 0 Å². The first kappa shape index (κ1) is 17.7. The molecule has 0 aliphatic rings. The van der Waals surface area contributed by atoms with Crippen molar-refractivity contribution in [1.82, 2.24) is 4.98 Å². The lowest BCUT2D eigenvalue weighted by atomic mass is 10.1. The van der Waals surface area contributed by atoms with Crippen molar-refractivity contribution in [2.75, 3.05) is 0 Å². The molecule has 124 valence electrons. The van der Waals surface area contributed by atoms with Crippen LogP contribution in [0.15, 0.2) is 41.8 Å². The van der Waals surface area contributed by atoms with Gasteiger partial charge in [-0.2, -0.15) is 5.26 Å². The van der Waals surface area contributed by atoms with E-state index in [1.165, 1.54) is 22.5 Å². The molecule has 0 N–H and O–H groups in total. The maximum atomic E-state index is 9.53. The highest BCUT2D eigenvalue weighted by Gasteiger charge is 2.11. The number of aryl methyl sites for hydroxylation is 2. The SMILES string of the molecule is Cc1ccc(-c2csc(C(C#N)=Cc3ccc(Cl)cc3Cl)n2)cc1C. The standard InChI is InChI=1S/C20H14Cl2N2S/c1-12-3-4-15(7-13(12)2)19-11-25-20(24-19)16(10-23)8-14-5-6-17(21)9-18(14)22/h3-9,11H,1-2H3. The van der Waals surface area contributed by atoms with Crippen molar-refractivity contribution < 1.29 is 0 Å². The van der Waals surface area contributed by atoms with Gasteiger partial charge >= 0.3 is 0 Å². The second kappa shape index (κ2) is 7.41. The summed E-state index contributed by atoms with van der Waals surface area (Å²) in [5, 5.41) is 13.2. The third-order valence-electron chi connectivity index (χ3n) is 3.92. The third kappa shape index (κ3) is 3.93. The van der Waals surface area contributed by atoms with E-state index in [0.29, 0.717) is 20.6 Å². The average Bonchev–Trinajstić information content (AvgIpc) is 3.06. The number of thiazole rings is 1. The highest BCUT2D eigenvalue weighted by molar-refractivity contribution is 7.11. The van der Waals surface area contributed by atoms with E-state index in [4.69, 9.17) is 23.2 Å². The molecule has 0 atom stereocenters. The highest BCUT2D eigenvalue weighted by Crippen LogP contribution is 2.30. The molecule has 0 amide bonds. The number of aromatic nitrogens is 1. The molecule has 0 bridgehead atoms. The number of nitriles is 1. The van der Waals surface area contributed by atoms with Crippen molar-refractivity contribution in [3.8, 4) is 17.3 Å². The summed E-state index contributed by atoms with van der Waals surface area (Å²) in [6.45, 7) is 4.16. The Labute approximate surface area is 161 Å². The van der Waals surface area contributed by atoms with Crippen molar-refractivity contribution in [2.24, 2.45) is 0 Å². The highest BCUT2D eigenvalue weighted by atomic mass is 35.5. The maximum Gasteiger partial charge on any atom is 0.134 e. The molecule has 3 rings (SSSR count). The van der Waals surface area contributed by atoms with Gasteiger partial charge in [0.15, 0.2) is 0 Å². The lowest BCUT2D eigenvalue weighted by Crippen LogP contribution is -1.86. The summed E-state index contributed by atoms with van der Waals surface area (Å²) in [7, 11) is 0. The van der Waals surface area contributed by atoms with Crippen LogP contribution in [0.1, 0.15) is 21.7 Å². The summed E-state index contributed by atoms with van der Waals surface area (Å²) in [5.74, 6) is 0. The predicted octanol–water partition coefficient (Wildman–Crippen LogP) is 6.80. The first-order valence-electron chi connectivity index (χ1n) is 7.58. The number of hydrogen-bond donors (Lipinski definition) is 0. The van der Waals surface area contributed by atoms with Gasteiger partial charge in [-0.15, -0.1) is 11.3 Å². The first-order valence-corrected chi connectivity index (χ1v) is 9.22. The molecule has 1 aromatic heterocycles. The number of halogens is 2. The number of nitrogens with zero attached hydrogens (tertiary/aromatic N) is 2. The van der Waals surface area contributed by atoms with Crippen molar-refractivity contribution in [3.05, 3.63) is 73.5 Å². The second-order valence-corrected chi connectivity index (χ2v) is 7.37. The molecular formula is C20H14Cl2N2S. The second-order valence-electron chi connectivity index (χ2n) is 5.67. The summed E-state index contributed by atoms with van der Waals surface area (Å²) < 4.78 is 0. The Kier molecular flexibility index (Phi) is 5.24. The van der Waals surface area contributed by atoms with E-state index in [1.54, 1.807) is 24.3 Å². The van der Waals surface area contributed by atoms with Crippen LogP contribution in [0, 0.1) is 25.2 Å². The fraction of sp³-hybridized carbons (Fsp3) is 0.100. The number of hydrogen-bond acceptors (Lipinski definition) is 3. The minimum atomic E-state index is 0.476. The van der Waals surface area contributed by atoms with Crippen LogP contribution in [0.25, 0.3) is 22.9 Å². The van der Waals surface area contributed by atoms with Crippen molar-refractivity contribution >= 4 is 46.2 Å². The molecule has 25 heavy (non-hydrogen) atoms. The van der Waals surface area contributed by atoms with Crippen LogP contribution in [0.3, 0.4) is 0 Å². The topological polar surface area (TPSA) is 36.7 Å². The minimum absolute atomic E-state index is 0.476. The van der Waals surface area contributed by atoms with Gasteiger partial charge in [-0.1, -0.05) is 41.4 Å². The van der Waals surface area contributed by atoms with Gasteiger partial charge in [-0.05, 0) is 54.8 Å². The molecule has 0 unspecified atom stereocenters. The van der Waals surface area contributed by atoms with E-state index in [2.05, 4.69) is 37.0 Å². The Bertz CT molecular complexity index is 1010. The fourth-order valence-corrected chi connectivity index (χ4v) is 3.60. The van der Waals surface area contributed by atoms with Crippen molar-refractivity contribution in [2.45, 2.75) is 13.8 Å². The Morgan fingerprint density at radius 1 is 1.12 bits per heavy atom. The largest absolute Gasteiger partial charge is 0.235 e.